The minimum absolute atomic E-state index is 0.217. The number of hydrogen-bond donors (Lipinski definition) is 0. The predicted octanol–water partition coefficient (Wildman–Crippen LogP) is 2.82. The molecule has 13 heavy (non-hydrogen) atoms. The summed E-state index contributed by atoms with van der Waals surface area (Å²) in [6.07, 6.45) is 0.589. The summed E-state index contributed by atoms with van der Waals surface area (Å²) in [4.78, 5) is 12.8. The van der Waals surface area contributed by atoms with Crippen molar-refractivity contribution in [1.82, 2.24) is 0 Å². The van der Waals surface area contributed by atoms with Crippen LogP contribution >= 0.6 is 22.9 Å². The third-order valence-electron chi connectivity index (χ3n) is 1.73. The second kappa shape index (κ2) is 4.63. The van der Waals surface area contributed by atoms with Crippen LogP contribution in [-0.4, -0.2) is 19.4 Å². The lowest BCUT2D eigenvalue weighted by Crippen LogP contribution is -2.19. The van der Waals surface area contributed by atoms with Crippen LogP contribution in [0.1, 0.15) is 13.3 Å². The van der Waals surface area contributed by atoms with Gasteiger partial charge in [0.05, 0.1) is 9.34 Å². The van der Waals surface area contributed by atoms with E-state index >= 15 is 0 Å². The van der Waals surface area contributed by atoms with Crippen LogP contribution in [0.4, 0.5) is 5.00 Å². The topological polar surface area (TPSA) is 20.3 Å². The van der Waals surface area contributed by atoms with Gasteiger partial charge in [0.1, 0.15) is 5.78 Å². The summed E-state index contributed by atoms with van der Waals surface area (Å²) in [7, 11) is 1.96. The number of anilines is 1. The Labute approximate surface area is 87.1 Å². The lowest BCUT2D eigenvalue weighted by atomic mass is 10.3. The molecule has 0 aromatic carbocycles. The first-order chi connectivity index (χ1) is 6.09. The molecule has 0 spiro atoms. The number of nitrogens with zero attached hydrogens (tertiary/aromatic N) is 1. The average Bonchev–Trinajstić information content (AvgIpc) is 2.47. The van der Waals surface area contributed by atoms with Gasteiger partial charge >= 0.3 is 0 Å². The molecule has 0 radical (unpaired) electrons. The molecule has 0 saturated carbocycles. The van der Waals surface area contributed by atoms with Crippen LogP contribution in [0, 0.1) is 0 Å². The molecule has 72 valence electrons. The van der Waals surface area contributed by atoms with Gasteiger partial charge < -0.3 is 4.90 Å². The van der Waals surface area contributed by atoms with Crippen molar-refractivity contribution in [2.45, 2.75) is 13.3 Å². The van der Waals surface area contributed by atoms with Crippen LogP contribution in [0.3, 0.4) is 0 Å². The third-order valence-corrected chi connectivity index (χ3v) is 3.08. The molecule has 1 aromatic rings. The first-order valence-corrected chi connectivity index (χ1v) is 5.25. The number of ketones is 1. The molecule has 1 heterocycles. The maximum Gasteiger partial charge on any atom is 0.131 e. The van der Waals surface area contributed by atoms with Crippen molar-refractivity contribution < 1.29 is 4.79 Å². The van der Waals surface area contributed by atoms with Crippen molar-refractivity contribution in [2.24, 2.45) is 0 Å². The van der Waals surface area contributed by atoms with Crippen molar-refractivity contribution in [2.75, 3.05) is 18.5 Å². The Bertz CT molecular complexity index is 298. The number of halogens is 1. The van der Waals surface area contributed by atoms with Crippen LogP contribution in [0.25, 0.3) is 0 Å². The molecule has 0 aliphatic carbocycles. The van der Waals surface area contributed by atoms with E-state index in [2.05, 4.69) is 0 Å². The molecule has 2 nitrogen and oxygen atoms in total. The van der Waals surface area contributed by atoms with E-state index in [-0.39, 0.29) is 5.78 Å². The smallest absolute Gasteiger partial charge is 0.131 e. The highest BCUT2D eigenvalue weighted by molar-refractivity contribution is 7.19. The van der Waals surface area contributed by atoms with Crippen LogP contribution in [0.15, 0.2) is 12.1 Å². The summed E-state index contributed by atoms with van der Waals surface area (Å²) in [5, 5.41) is 1.10. The average molecular weight is 218 g/mol. The molecule has 0 unspecified atom stereocenters. The molecule has 0 N–H and O–H groups in total. The van der Waals surface area contributed by atoms with E-state index in [4.69, 9.17) is 11.6 Å². The van der Waals surface area contributed by atoms with Crippen molar-refractivity contribution in [3.8, 4) is 0 Å². The Kier molecular flexibility index (Phi) is 3.75. The minimum atomic E-state index is 0.217. The first-order valence-electron chi connectivity index (χ1n) is 4.05. The molecule has 0 saturated heterocycles. The van der Waals surface area contributed by atoms with E-state index < -0.39 is 0 Å². The zero-order valence-corrected chi connectivity index (χ0v) is 9.28. The van der Waals surface area contributed by atoms with E-state index in [0.29, 0.717) is 6.42 Å². The Morgan fingerprint density at radius 1 is 1.62 bits per heavy atom. The molecule has 0 aliphatic heterocycles. The van der Waals surface area contributed by atoms with Crippen molar-refractivity contribution >= 4 is 33.7 Å². The van der Waals surface area contributed by atoms with Gasteiger partial charge in [0.25, 0.3) is 0 Å². The Morgan fingerprint density at radius 3 is 2.77 bits per heavy atom. The van der Waals surface area contributed by atoms with Crippen molar-refractivity contribution in [1.29, 1.82) is 0 Å². The summed E-state index contributed by atoms with van der Waals surface area (Å²) >= 11 is 7.32. The number of carbonyl (C=O) groups excluding carboxylic acids is 1. The normalized spacial score (nSPS) is 10.1. The maximum atomic E-state index is 10.7. The quantitative estimate of drug-likeness (QED) is 0.773. The van der Waals surface area contributed by atoms with Gasteiger partial charge in [-0.25, -0.2) is 0 Å². The van der Waals surface area contributed by atoms with Gasteiger partial charge in [-0.15, -0.1) is 11.3 Å². The molecule has 0 amide bonds. The number of hydrogen-bond acceptors (Lipinski definition) is 3. The van der Waals surface area contributed by atoms with Gasteiger partial charge in [-0.3, -0.25) is 4.79 Å². The standard InChI is InChI=1S/C9H12ClNOS/c1-7(12)5-6-11(2)9-4-3-8(10)13-9/h3-4H,5-6H2,1-2H3. The van der Waals surface area contributed by atoms with Gasteiger partial charge in [0, 0.05) is 20.0 Å². The molecular weight excluding hydrogens is 206 g/mol. The van der Waals surface area contributed by atoms with Gasteiger partial charge in [-0.05, 0) is 19.1 Å². The molecule has 0 fully saturated rings. The number of rotatable bonds is 4. The molecule has 4 heteroatoms. The number of Topliss-reactive ketones (excluding diaryl/α,β-unsaturated/α-hetero) is 1. The maximum absolute atomic E-state index is 10.7. The first kappa shape index (κ1) is 10.5. The lowest BCUT2D eigenvalue weighted by molar-refractivity contribution is -0.116. The predicted molar refractivity (Wildman–Crippen MR) is 57.9 cm³/mol. The second-order valence-electron chi connectivity index (χ2n) is 2.95. The molecule has 0 atom stereocenters. The summed E-state index contributed by atoms with van der Waals surface area (Å²) in [5.41, 5.74) is 0. The van der Waals surface area contributed by atoms with Gasteiger partial charge in [-0.2, -0.15) is 0 Å². The van der Waals surface area contributed by atoms with Gasteiger partial charge in [0.15, 0.2) is 0 Å². The highest BCUT2D eigenvalue weighted by Gasteiger charge is 2.04. The van der Waals surface area contributed by atoms with Crippen LogP contribution in [0.5, 0.6) is 0 Å². The van der Waals surface area contributed by atoms with Gasteiger partial charge in [0.2, 0.25) is 0 Å². The minimum Gasteiger partial charge on any atom is -0.366 e. The van der Waals surface area contributed by atoms with E-state index in [1.807, 2.05) is 24.1 Å². The fourth-order valence-electron chi connectivity index (χ4n) is 0.945. The summed E-state index contributed by atoms with van der Waals surface area (Å²) < 4.78 is 0.782. The van der Waals surface area contributed by atoms with Crippen LogP contribution in [-0.2, 0) is 4.79 Å². The van der Waals surface area contributed by atoms with E-state index in [0.717, 1.165) is 15.9 Å². The largest absolute Gasteiger partial charge is 0.366 e. The molecule has 1 aromatic heterocycles. The van der Waals surface area contributed by atoms with Crippen LogP contribution in [0.2, 0.25) is 4.34 Å². The Hall–Kier alpha value is -0.540. The fourth-order valence-corrected chi connectivity index (χ4v) is 1.96. The number of carbonyl (C=O) groups is 1. The van der Waals surface area contributed by atoms with Gasteiger partial charge in [-0.1, -0.05) is 11.6 Å². The Morgan fingerprint density at radius 2 is 2.31 bits per heavy atom. The van der Waals surface area contributed by atoms with E-state index in [9.17, 15) is 4.79 Å². The van der Waals surface area contributed by atoms with Crippen molar-refractivity contribution in [3.63, 3.8) is 0 Å². The van der Waals surface area contributed by atoms with Crippen molar-refractivity contribution in [3.05, 3.63) is 16.5 Å². The molecular formula is C9H12ClNOS. The monoisotopic (exact) mass is 217 g/mol. The zero-order chi connectivity index (χ0) is 9.84. The fraction of sp³-hybridized carbons (Fsp3) is 0.444. The second-order valence-corrected chi connectivity index (χ2v) is 4.64. The highest BCUT2D eigenvalue weighted by Crippen LogP contribution is 2.28. The van der Waals surface area contributed by atoms with E-state index in [1.54, 1.807) is 6.92 Å². The molecule has 0 aliphatic rings. The highest BCUT2D eigenvalue weighted by atomic mass is 35.5. The molecule has 0 bridgehead atoms. The summed E-state index contributed by atoms with van der Waals surface area (Å²) in [6.45, 7) is 2.36. The SMILES string of the molecule is CC(=O)CCN(C)c1ccc(Cl)s1. The zero-order valence-electron chi connectivity index (χ0n) is 7.71. The Balaban J connectivity index is 2.48. The third kappa shape index (κ3) is 3.36. The van der Waals surface area contributed by atoms with E-state index in [1.165, 1.54) is 11.3 Å². The summed E-state index contributed by atoms with van der Waals surface area (Å²) in [6, 6.07) is 3.83. The summed E-state index contributed by atoms with van der Waals surface area (Å²) in [5.74, 6) is 0.217. The lowest BCUT2D eigenvalue weighted by Gasteiger charge is -2.15. The number of thiophene rings is 1. The van der Waals surface area contributed by atoms with Crippen LogP contribution < -0.4 is 4.90 Å². The molecule has 1 rings (SSSR count).